The molecule has 2 amide bonds. The minimum atomic E-state index is -0.584. The summed E-state index contributed by atoms with van der Waals surface area (Å²) < 4.78 is 10.7. The van der Waals surface area contributed by atoms with Gasteiger partial charge in [-0.1, -0.05) is 6.07 Å². The van der Waals surface area contributed by atoms with E-state index in [9.17, 15) is 9.59 Å². The molecule has 3 heterocycles. The van der Waals surface area contributed by atoms with Crippen LogP contribution in [0, 0.1) is 0 Å². The van der Waals surface area contributed by atoms with E-state index in [-0.39, 0.29) is 17.9 Å². The van der Waals surface area contributed by atoms with Crippen LogP contribution >= 0.6 is 15.9 Å². The Morgan fingerprint density at radius 3 is 2.86 bits per heavy atom. The molecule has 1 atom stereocenters. The molecule has 0 bridgehead atoms. The van der Waals surface area contributed by atoms with Crippen LogP contribution in [0.15, 0.2) is 39.4 Å². The highest BCUT2D eigenvalue weighted by molar-refractivity contribution is 9.10. The van der Waals surface area contributed by atoms with Crippen molar-refractivity contribution in [3.05, 3.63) is 51.7 Å². The number of rotatable bonds is 3. The Kier molecular flexibility index (Phi) is 5.41. The smallest absolute Gasteiger partial charge is 0.415 e. The molecule has 1 saturated heterocycles. The molecule has 4 rings (SSSR count). The number of benzene rings is 1. The summed E-state index contributed by atoms with van der Waals surface area (Å²) in [5, 5.41) is 2.79. The molecular formula is C20H22BrN3O4. The Labute approximate surface area is 171 Å². The summed E-state index contributed by atoms with van der Waals surface area (Å²) in [7, 11) is 2.11. The maximum atomic E-state index is 12.9. The first kappa shape index (κ1) is 19.0. The fourth-order valence-electron chi connectivity index (χ4n) is 3.71. The minimum absolute atomic E-state index is 0.00867. The molecule has 1 fully saturated rings. The molecule has 28 heavy (non-hydrogen) atoms. The number of likely N-dealkylation sites (N-methyl/N-ethyl adjacent to an activating group) is 1. The summed E-state index contributed by atoms with van der Waals surface area (Å²) in [4.78, 5) is 28.9. The third kappa shape index (κ3) is 4.23. The SMILES string of the molecule is CN1CCc2cc(C(=O)N3CC[C@@H](NC(=O)Oc4ccc(Br)o4)C3)ccc2C1. The van der Waals surface area contributed by atoms with Gasteiger partial charge in [0.05, 0.1) is 6.04 Å². The molecule has 0 radical (unpaired) electrons. The van der Waals surface area contributed by atoms with E-state index in [0.717, 1.165) is 19.5 Å². The van der Waals surface area contributed by atoms with Gasteiger partial charge in [0.2, 0.25) is 0 Å². The van der Waals surface area contributed by atoms with Gasteiger partial charge in [-0.05, 0) is 65.1 Å². The van der Waals surface area contributed by atoms with Gasteiger partial charge in [-0.3, -0.25) is 4.79 Å². The van der Waals surface area contributed by atoms with Gasteiger partial charge in [0.1, 0.15) is 0 Å². The number of nitrogens with zero attached hydrogens (tertiary/aromatic N) is 2. The van der Waals surface area contributed by atoms with Gasteiger partial charge in [0.15, 0.2) is 4.67 Å². The standard InChI is InChI=1S/C20H22BrN3O4/c1-23-8-6-13-10-14(2-3-15(13)11-23)19(25)24-9-7-16(12-24)22-20(26)28-18-5-4-17(21)27-18/h2-5,10,16H,6-9,11-12H2,1H3,(H,22,26)/t16-/m1/s1. The van der Waals surface area contributed by atoms with Crippen LogP contribution in [0.1, 0.15) is 27.9 Å². The van der Waals surface area contributed by atoms with E-state index in [1.165, 1.54) is 11.1 Å². The second kappa shape index (κ2) is 7.97. The molecular weight excluding hydrogens is 426 g/mol. The van der Waals surface area contributed by atoms with Crippen LogP contribution in [0.4, 0.5) is 4.79 Å². The van der Waals surface area contributed by atoms with Crippen molar-refractivity contribution in [2.45, 2.75) is 25.4 Å². The number of amides is 2. The highest BCUT2D eigenvalue weighted by atomic mass is 79.9. The second-order valence-electron chi connectivity index (χ2n) is 7.30. The van der Waals surface area contributed by atoms with E-state index in [1.807, 2.05) is 12.1 Å². The highest BCUT2D eigenvalue weighted by Gasteiger charge is 2.29. The summed E-state index contributed by atoms with van der Waals surface area (Å²) in [6.07, 6.45) is 1.07. The monoisotopic (exact) mass is 447 g/mol. The van der Waals surface area contributed by atoms with Crippen LogP contribution in [0.5, 0.6) is 5.95 Å². The molecule has 1 N–H and O–H groups in total. The van der Waals surface area contributed by atoms with Gasteiger partial charge in [0.25, 0.3) is 11.9 Å². The lowest BCUT2D eigenvalue weighted by molar-refractivity contribution is 0.0788. The number of carbonyl (C=O) groups excluding carboxylic acids is 2. The molecule has 0 spiro atoms. The largest absolute Gasteiger partial charge is 0.418 e. The first-order chi connectivity index (χ1) is 13.5. The number of carbonyl (C=O) groups is 2. The Morgan fingerprint density at radius 1 is 1.21 bits per heavy atom. The van der Waals surface area contributed by atoms with Gasteiger partial charge < -0.3 is 24.3 Å². The maximum absolute atomic E-state index is 12.9. The van der Waals surface area contributed by atoms with Crippen molar-refractivity contribution < 1.29 is 18.7 Å². The van der Waals surface area contributed by atoms with Crippen LogP contribution in [-0.2, 0) is 13.0 Å². The zero-order chi connectivity index (χ0) is 19.7. The zero-order valence-corrected chi connectivity index (χ0v) is 17.2. The van der Waals surface area contributed by atoms with Crippen molar-refractivity contribution >= 4 is 27.9 Å². The van der Waals surface area contributed by atoms with Gasteiger partial charge in [0, 0.05) is 37.8 Å². The van der Waals surface area contributed by atoms with Crippen molar-refractivity contribution in [1.29, 1.82) is 0 Å². The summed E-state index contributed by atoms with van der Waals surface area (Å²) in [5.74, 6) is 0.129. The lowest BCUT2D eigenvalue weighted by atomic mass is 9.97. The Hall–Kier alpha value is -2.32. The Bertz CT molecular complexity index is 897. The quantitative estimate of drug-likeness (QED) is 0.782. The fraction of sp³-hybridized carbons (Fsp3) is 0.400. The van der Waals surface area contributed by atoms with Crippen molar-refractivity contribution in [3.63, 3.8) is 0 Å². The van der Waals surface area contributed by atoms with Crippen LogP contribution in [0.3, 0.4) is 0 Å². The molecule has 0 unspecified atom stereocenters. The maximum Gasteiger partial charge on any atom is 0.415 e. The molecule has 8 heteroatoms. The number of likely N-dealkylation sites (tertiary alicyclic amines) is 1. The van der Waals surface area contributed by atoms with Crippen LogP contribution < -0.4 is 10.1 Å². The van der Waals surface area contributed by atoms with E-state index < -0.39 is 6.09 Å². The first-order valence-electron chi connectivity index (χ1n) is 9.31. The molecule has 148 valence electrons. The first-order valence-corrected chi connectivity index (χ1v) is 10.1. The lowest BCUT2D eigenvalue weighted by Crippen LogP contribution is -2.39. The van der Waals surface area contributed by atoms with Crippen molar-refractivity contribution in [3.8, 4) is 5.95 Å². The van der Waals surface area contributed by atoms with Gasteiger partial charge in [-0.25, -0.2) is 4.79 Å². The lowest BCUT2D eigenvalue weighted by Gasteiger charge is -2.25. The van der Waals surface area contributed by atoms with E-state index in [2.05, 4.69) is 39.3 Å². The molecule has 1 aromatic heterocycles. The van der Waals surface area contributed by atoms with Gasteiger partial charge in [-0.15, -0.1) is 0 Å². The summed E-state index contributed by atoms with van der Waals surface area (Å²) in [5.41, 5.74) is 3.26. The number of hydrogen-bond donors (Lipinski definition) is 1. The summed E-state index contributed by atoms with van der Waals surface area (Å²) in [6, 6.07) is 9.06. The van der Waals surface area contributed by atoms with E-state index in [1.54, 1.807) is 17.0 Å². The number of ether oxygens (including phenoxy) is 1. The van der Waals surface area contributed by atoms with Gasteiger partial charge >= 0.3 is 6.09 Å². The minimum Gasteiger partial charge on any atom is -0.418 e. The number of fused-ring (bicyclic) bond motifs is 1. The average Bonchev–Trinajstić information content (AvgIpc) is 3.29. The van der Waals surface area contributed by atoms with Gasteiger partial charge in [-0.2, -0.15) is 0 Å². The number of hydrogen-bond acceptors (Lipinski definition) is 5. The van der Waals surface area contributed by atoms with E-state index in [4.69, 9.17) is 9.15 Å². The third-order valence-electron chi connectivity index (χ3n) is 5.20. The topological polar surface area (TPSA) is 75.0 Å². The Morgan fingerprint density at radius 2 is 2.07 bits per heavy atom. The number of nitrogens with one attached hydrogen (secondary N) is 1. The van der Waals surface area contributed by atoms with Crippen LogP contribution in [-0.4, -0.2) is 54.5 Å². The third-order valence-corrected chi connectivity index (χ3v) is 5.62. The van der Waals surface area contributed by atoms with E-state index in [0.29, 0.717) is 29.7 Å². The Balaban J connectivity index is 1.33. The molecule has 0 aliphatic carbocycles. The molecule has 1 aromatic carbocycles. The van der Waals surface area contributed by atoms with Crippen molar-refractivity contribution in [2.24, 2.45) is 0 Å². The second-order valence-corrected chi connectivity index (χ2v) is 8.08. The molecule has 2 aliphatic heterocycles. The summed E-state index contributed by atoms with van der Waals surface area (Å²) in [6.45, 7) is 3.01. The van der Waals surface area contributed by atoms with Crippen LogP contribution in [0.2, 0.25) is 0 Å². The highest BCUT2D eigenvalue weighted by Crippen LogP contribution is 2.22. The normalized spacial score (nSPS) is 19.4. The predicted molar refractivity (Wildman–Crippen MR) is 106 cm³/mol. The average molecular weight is 448 g/mol. The van der Waals surface area contributed by atoms with Crippen LogP contribution in [0.25, 0.3) is 0 Å². The molecule has 2 aliphatic rings. The summed E-state index contributed by atoms with van der Waals surface area (Å²) >= 11 is 3.16. The predicted octanol–water partition coefficient (Wildman–Crippen LogP) is 3.03. The number of halogens is 1. The van der Waals surface area contributed by atoms with Crippen molar-refractivity contribution in [1.82, 2.24) is 15.1 Å². The molecule has 2 aromatic rings. The van der Waals surface area contributed by atoms with Crippen molar-refractivity contribution in [2.75, 3.05) is 26.7 Å². The number of furan rings is 1. The van der Waals surface area contributed by atoms with E-state index >= 15 is 0 Å². The fourth-order valence-corrected chi connectivity index (χ4v) is 4.00. The zero-order valence-electron chi connectivity index (χ0n) is 15.6. The molecule has 0 saturated carbocycles. The molecule has 7 nitrogen and oxygen atoms in total.